The first-order valence-corrected chi connectivity index (χ1v) is 24.2. The number of rotatable bonds is 27. The first kappa shape index (κ1) is 51.5. The molecule has 1 aromatic carbocycles. The maximum atomic E-state index is 13.2. The van der Waals surface area contributed by atoms with Crippen molar-refractivity contribution in [3.63, 3.8) is 0 Å². The van der Waals surface area contributed by atoms with Crippen LogP contribution in [0.3, 0.4) is 0 Å². The second-order valence-electron chi connectivity index (χ2n) is 17.3. The van der Waals surface area contributed by atoms with Crippen LogP contribution in [0.2, 0.25) is 0 Å². The van der Waals surface area contributed by atoms with Crippen LogP contribution in [0.1, 0.15) is 120 Å². The Morgan fingerprint density at radius 1 is 0.750 bits per heavy atom. The van der Waals surface area contributed by atoms with E-state index in [2.05, 4.69) is 35.7 Å². The van der Waals surface area contributed by atoms with Gasteiger partial charge in [0.15, 0.2) is 0 Å². The highest BCUT2D eigenvalue weighted by Gasteiger charge is 2.85. The number of aryl methyl sites for hydroxylation is 1. The number of nitrogens with zero attached hydrogens (tertiary/aromatic N) is 1. The summed E-state index contributed by atoms with van der Waals surface area (Å²) >= 11 is 0. The minimum Gasteiger partial charge on any atom is -0.492 e. The van der Waals surface area contributed by atoms with Crippen LogP contribution >= 0.6 is 21.6 Å². The maximum Gasteiger partial charge on any atom is 0.435 e. The number of unbranched alkanes of at least 4 members (excludes halogenated alkanes) is 6. The lowest BCUT2D eigenvalue weighted by molar-refractivity contribution is -0.457. The predicted molar refractivity (Wildman–Crippen MR) is 219 cm³/mol. The largest absolute Gasteiger partial charge is 0.492 e. The molecule has 5 atom stereocenters. The molecule has 348 valence electrons. The van der Waals surface area contributed by atoms with Crippen LogP contribution in [0.25, 0.3) is 0 Å². The summed E-state index contributed by atoms with van der Waals surface area (Å²) in [7, 11) is 6.06. The first-order chi connectivity index (χ1) is 28.4. The molecule has 2 fully saturated rings. The zero-order chi connectivity index (χ0) is 44.0. The fraction of sp³-hybridized carbons (Fsp3) is 0.860. The highest BCUT2D eigenvalue weighted by molar-refractivity contribution is 8.76. The lowest BCUT2D eigenvalue weighted by Crippen LogP contribution is -2.67. The molecule has 4 rings (SSSR count). The van der Waals surface area contributed by atoms with E-state index in [0.717, 1.165) is 76.6 Å². The SMILES string of the molecule is CN(CCCCCCSSCCCCCCC(CO)CO)CCOc1ccc2c(c1)CCC1[C@@H]2CC[C@]2(C)[C@@H](OCCCOC(C(F)(F)F)(C(F)(F)F)C(F)(F)F)CC[C@@H]12. The van der Waals surface area contributed by atoms with Gasteiger partial charge in [-0.1, -0.05) is 66.7 Å². The Hall–Kier alpha value is -1.11. The molecule has 60 heavy (non-hydrogen) atoms. The second kappa shape index (κ2) is 23.7. The number of hydrogen-bond acceptors (Lipinski definition) is 8. The molecule has 0 aliphatic heterocycles. The van der Waals surface area contributed by atoms with Gasteiger partial charge in [0.05, 0.1) is 12.7 Å². The van der Waals surface area contributed by atoms with Crippen molar-refractivity contribution < 1.29 is 63.9 Å². The van der Waals surface area contributed by atoms with Gasteiger partial charge in [0.25, 0.3) is 0 Å². The van der Waals surface area contributed by atoms with E-state index in [4.69, 9.17) is 19.7 Å². The standard InChI is InChI=1S/C43H66F9NO5S2/c1-39-20-19-35-34-16-14-33(56-25-22-53(2)21-8-4-6-10-27-60-59-26-9-5-3-7-12-31(29-54)30-55)28-32(34)13-15-36(35)37(39)17-18-38(39)57-23-11-24-58-40(41(44,45)46,42(47,48)49)43(50,51)52/h14,16,28,31,35-38,54-55H,3-13,15,17-27,29-30H2,1-2H3/t35-,36?,37+,38+,39+/m1/s1. The highest BCUT2D eigenvalue weighted by Crippen LogP contribution is 2.62. The van der Waals surface area contributed by atoms with Crippen LogP contribution in [-0.4, -0.2) is 110 Å². The van der Waals surface area contributed by atoms with Crippen LogP contribution in [0.5, 0.6) is 5.75 Å². The summed E-state index contributed by atoms with van der Waals surface area (Å²) in [5.74, 6) is 4.33. The second-order valence-corrected chi connectivity index (χ2v) is 20.0. The zero-order valence-corrected chi connectivity index (χ0v) is 36.7. The number of likely N-dealkylation sites (N-methyl/N-ethyl adjacent to an activating group) is 1. The van der Waals surface area contributed by atoms with Crippen molar-refractivity contribution in [2.75, 3.05) is 64.7 Å². The van der Waals surface area contributed by atoms with Gasteiger partial charge in [-0.05, 0) is 131 Å². The van der Waals surface area contributed by atoms with Gasteiger partial charge < -0.3 is 29.3 Å². The smallest absolute Gasteiger partial charge is 0.435 e. The number of halogens is 9. The number of ether oxygens (including phenoxy) is 3. The van der Waals surface area contributed by atoms with E-state index in [1.165, 1.54) is 54.7 Å². The maximum absolute atomic E-state index is 13.2. The fourth-order valence-electron chi connectivity index (χ4n) is 9.74. The molecule has 3 aliphatic carbocycles. The molecular weight excluding hydrogens is 846 g/mol. The monoisotopic (exact) mass is 911 g/mol. The summed E-state index contributed by atoms with van der Waals surface area (Å²) in [5, 5.41) is 18.3. The van der Waals surface area contributed by atoms with Crippen LogP contribution in [0, 0.1) is 23.2 Å². The molecule has 0 radical (unpaired) electrons. The molecule has 2 N–H and O–H groups in total. The number of aliphatic hydroxyl groups excluding tert-OH is 2. The average Bonchev–Trinajstić information content (AvgIpc) is 3.51. The van der Waals surface area contributed by atoms with E-state index < -0.39 is 37.2 Å². The molecule has 2 saturated carbocycles. The van der Waals surface area contributed by atoms with Crippen LogP contribution < -0.4 is 4.74 Å². The van der Waals surface area contributed by atoms with Crippen LogP contribution in [0.4, 0.5) is 39.5 Å². The average molecular weight is 912 g/mol. The Morgan fingerprint density at radius 2 is 1.38 bits per heavy atom. The number of benzene rings is 1. The van der Waals surface area contributed by atoms with E-state index in [0.29, 0.717) is 30.8 Å². The molecule has 0 saturated heterocycles. The molecule has 0 aromatic heterocycles. The van der Waals surface area contributed by atoms with Crippen molar-refractivity contribution in [2.45, 2.75) is 146 Å². The Bertz CT molecular complexity index is 1360. The third kappa shape index (κ3) is 13.5. The molecule has 0 amide bonds. The Balaban J connectivity index is 1.09. The minimum absolute atomic E-state index is 0.0349. The molecule has 1 aromatic rings. The molecule has 0 bridgehead atoms. The molecule has 6 nitrogen and oxygen atoms in total. The zero-order valence-electron chi connectivity index (χ0n) is 35.1. The Morgan fingerprint density at radius 3 is 2.02 bits per heavy atom. The minimum atomic E-state index is -6.74. The van der Waals surface area contributed by atoms with Gasteiger partial charge in [-0.3, -0.25) is 0 Å². The molecular formula is C43H66F9NO5S2. The van der Waals surface area contributed by atoms with Gasteiger partial charge in [-0.25, -0.2) is 0 Å². The Labute approximate surface area is 358 Å². The van der Waals surface area contributed by atoms with E-state index in [1.807, 2.05) is 27.7 Å². The summed E-state index contributed by atoms with van der Waals surface area (Å²) in [6.07, 6.45) is -5.51. The number of fused-ring (bicyclic) bond motifs is 5. The van der Waals surface area contributed by atoms with E-state index in [9.17, 15) is 39.5 Å². The summed E-state index contributed by atoms with van der Waals surface area (Å²) in [6.45, 7) is 3.01. The van der Waals surface area contributed by atoms with E-state index in [1.54, 1.807) is 0 Å². The molecule has 17 heteroatoms. The number of hydrogen-bond donors (Lipinski definition) is 2. The van der Waals surface area contributed by atoms with E-state index >= 15 is 0 Å². The fourth-order valence-corrected chi connectivity index (χ4v) is 12.0. The summed E-state index contributed by atoms with van der Waals surface area (Å²) < 4.78 is 135. The van der Waals surface area contributed by atoms with Crippen molar-refractivity contribution >= 4 is 21.6 Å². The van der Waals surface area contributed by atoms with Gasteiger partial charge in [-0.15, -0.1) is 0 Å². The van der Waals surface area contributed by atoms with Gasteiger partial charge in [0.1, 0.15) is 12.4 Å². The number of alkyl halides is 9. The third-order valence-corrected chi connectivity index (χ3v) is 15.8. The molecule has 0 spiro atoms. The van der Waals surface area contributed by atoms with Gasteiger partial charge in [0, 0.05) is 43.8 Å². The van der Waals surface area contributed by atoms with Crippen LogP contribution in [-0.2, 0) is 15.9 Å². The third-order valence-electron chi connectivity index (χ3n) is 13.2. The van der Waals surface area contributed by atoms with Crippen molar-refractivity contribution in [3.8, 4) is 5.75 Å². The first-order valence-electron chi connectivity index (χ1n) is 21.8. The van der Waals surface area contributed by atoms with Gasteiger partial charge in [-0.2, -0.15) is 39.5 Å². The number of aliphatic hydroxyl groups is 2. The molecule has 1 unspecified atom stereocenters. The quantitative estimate of drug-likeness (QED) is 0.0514. The lowest BCUT2D eigenvalue weighted by atomic mass is 9.55. The van der Waals surface area contributed by atoms with Crippen molar-refractivity contribution in [3.05, 3.63) is 29.3 Å². The van der Waals surface area contributed by atoms with Gasteiger partial charge >= 0.3 is 24.1 Å². The summed E-state index contributed by atoms with van der Waals surface area (Å²) in [4.78, 5) is 2.31. The topological polar surface area (TPSA) is 71.4 Å². The Kier molecular flexibility index (Phi) is 20.4. The normalized spacial score (nSPS) is 23.6. The van der Waals surface area contributed by atoms with E-state index in [-0.39, 0.29) is 37.3 Å². The summed E-state index contributed by atoms with van der Waals surface area (Å²) in [5.41, 5.74) is -3.88. The lowest BCUT2D eigenvalue weighted by Gasteiger charge is -2.50. The highest BCUT2D eigenvalue weighted by atomic mass is 33.1. The van der Waals surface area contributed by atoms with Crippen molar-refractivity contribution in [1.29, 1.82) is 0 Å². The summed E-state index contributed by atoms with van der Waals surface area (Å²) in [6, 6.07) is 6.40. The van der Waals surface area contributed by atoms with Crippen LogP contribution in [0.15, 0.2) is 18.2 Å². The molecule has 3 aliphatic rings. The van der Waals surface area contributed by atoms with Crippen molar-refractivity contribution in [1.82, 2.24) is 4.90 Å². The van der Waals surface area contributed by atoms with Crippen molar-refractivity contribution in [2.24, 2.45) is 23.2 Å². The molecule has 0 heterocycles. The van der Waals surface area contributed by atoms with Gasteiger partial charge in [0.2, 0.25) is 0 Å². The predicted octanol–water partition coefficient (Wildman–Crippen LogP) is 11.6.